The molecule has 0 saturated heterocycles. The van der Waals surface area contributed by atoms with Gasteiger partial charge in [-0.2, -0.15) is 0 Å². The molecular weight excluding hydrogens is 104 g/mol. The molecule has 0 unspecified atom stereocenters. The minimum absolute atomic E-state index is 0.298. The van der Waals surface area contributed by atoms with Gasteiger partial charge >= 0.3 is 0 Å². The van der Waals surface area contributed by atoms with Crippen molar-refractivity contribution in [2.24, 2.45) is 17.2 Å². The van der Waals surface area contributed by atoms with E-state index in [-0.39, 0.29) is 0 Å². The van der Waals surface area contributed by atoms with Crippen LogP contribution in [0.5, 0.6) is 0 Å². The van der Waals surface area contributed by atoms with Gasteiger partial charge in [0.15, 0.2) is 0 Å². The predicted octanol–water partition coefficient (Wildman–Crippen LogP) is -1.75. The van der Waals surface area contributed by atoms with Gasteiger partial charge in [0, 0.05) is 13.6 Å². The minimum atomic E-state index is 0.298. The van der Waals surface area contributed by atoms with Crippen LogP contribution >= 0.6 is 0 Å². The van der Waals surface area contributed by atoms with E-state index in [4.69, 9.17) is 17.2 Å². The van der Waals surface area contributed by atoms with E-state index in [0.717, 1.165) is 0 Å². The number of hydrogen-bond acceptors (Lipinski definition) is 4. The topological polar surface area (TPSA) is 90.1 Å². The summed E-state index contributed by atoms with van der Waals surface area (Å²) >= 11 is 0. The first-order chi connectivity index (χ1) is 3.72. The van der Waals surface area contributed by atoms with Gasteiger partial charge in [-0.25, -0.2) is 0 Å². The molecule has 0 bridgehead atoms. The predicted molar refractivity (Wildman–Crippen MR) is 33.5 cm³/mol. The van der Waals surface area contributed by atoms with Crippen molar-refractivity contribution in [3.63, 3.8) is 0 Å². The molecule has 0 aromatic rings. The summed E-state index contributed by atoms with van der Waals surface area (Å²) in [5.41, 5.74) is 16.2. The molecule has 0 radical (unpaired) electrons. The van der Waals surface area contributed by atoms with Gasteiger partial charge in [0.25, 0.3) is 0 Å². The maximum absolute atomic E-state index is 5.29. The third kappa shape index (κ3) is 1.70. The molecule has 0 aromatic carbocycles. The van der Waals surface area contributed by atoms with E-state index < -0.39 is 0 Å². The quantitative estimate of drug-likeness (QED) is 0.344. The van der Waals surface area contributed by atoms with Crippen LogP contribution in [0.2, 0.25) is 0 Å². The Morgan fingerprint density at radius 2 is 2.00 bits per heavy atom. The van der Waals surface area contributed by atoms with Crippen molar-refractivity contribution in [3.05, 3.63) is 11.5 Å². The van der Waals surface area contributed by atoms with Crippen LogP contribution < -0.4 is 22.5 Å². The molecule has 8 heavy (non-hydrogen) atoms. The molecule has 4 nitrogen and oxygen atoms in total. The molecule has 0 spiro atoms. The highest BCUT2D eigenvalue weighted by Crippen LogP contribution is 1.78. The lowest BCUT2D eigenvalue weighted by Gasteiger charge is -2.01. The maximum atomic E-state index is 5.29. The van der Waals surface area contributed by atoms with Crippen LogP contribution in [0.3, 0.4) is 0 Å². The highest BCUT2D eigenvalue weighted by molar-refractivity contribution is 5.05. The molecule has 4 heteroatoms. The van der Waals surface area contributed by atoms with Gasteiger partial charge in [0.05, 0.1) is 5.70 Å². The summed E-state index contributed by atoms with van der Waals surface area (Å²) < 4.78 is 0. The summed E-state index contributed by atoms with van der Waals surface area (Å²) in [6.07, 6.45) is 0. The molecule has 0 atom stereocenters. The van der Waals surface area contributed by atoms with Gasteiger partial charge in [-0.3, -0.25) is 0 Å². The molecule has 7 N–H and O–H groups in total. The fourth-order valence-corrected chi connectivity index (χ4v) is 0.271. The normalized spacial score (nSPS) is 12.8. The van der Waals surface area contributed by atoms with Crippen molar-refractivity contribution in [1.29, 1.82) is 0 Å². The molecule has 0 heterocycles. The van der Waals surface area contributed by atoms with Gasteiger partial charge in [-0.15, -0.1) is 0 Å². The fourth-order valence-electron chi connectivity index (χ4n) is 0.271. The van der Waals surface area contributed by atoms with E-state index >= 15 is 0 Å². The van der Waals surface area contributed by atoms with Crippen molar-refractivity contribution >= 4 is 0 Å². The molecular formula is C4H12N4. The van der Waals surface area contributed by atoms with Crippen LogP contribution in [0.15, 0.2) is 11.5 Å². The summed E-state index contributed by atoms with van der Waals surface area (Å²) in [5, 5.41) is 2.67. The summed E-state index contributed by atoms with van der Waals surface area (Å²) in [5.74, 6) is 0.451. The third-order valence-electron chi connectivity index (χ3n) is 0.835. The molecule has 48 valence electrons. The SMILES string of the molecule is CN/C(N)=C(\N)CN. The number of hydrogen-bond donors (Lipinski definition) is 4. The van der Waals surface area contributed by atoms with Crippen molar-refractivity contribution < 1.29 is 0 Å². The lowest BCUT2D eigenvalue weighted by molar-refractivity contribution is 0.902. The van der Waals surface area contributed by atoms with E-state index in [2.05, 4.69) is 5.32 Å². The van der Waals surface area contributed by atoms with Gasteiger partial charge < -0.3 is 22.5 Å². The third-order valence-corrected chi connectivity index (χ3v) is 0.835. The van der Waals surface area contributed by atoms with Gasteiger partial charge in [0.2, 0.25) is 0 Å². The molecule has 0 rings (SSSR count). The van der Waals surface area contributed by atoms with Crippen LogP contribution in [-0.2, 0) is 0 Å². The average Bonchev–Trinajstić information content (AvgIpc) is 1.84. The Balaban J connectivity index is 3.83. The van der Waals surface area contributed by atoms with Gasteiger partial charge in [0.1, 0.15) is 5.82 Å². The van der Waals surface area contributed by atoms with Gasteiger partial charge in [-0.05, 0) is 0 Å². The smallest absolute Gasteiger partial charge is 0.116 e. The average molecular weight is 116 g/mol. The molecule has 0 fully saturated rings. The van der Waals surface area contributed by atoms with E-state index in [0.29, 0.717) is 18.1 Å². The second-order valence-electron chi connectivity index (χ2n) is 1.39. The van der Waals surface area contributed by atoms with E-state index in [1.807, 2.05) is 0 Å². The zero-order valence-electron chi connectivity index (χ0n) is 4.94. The largest absolute Gasteiger partial charge is 0.398 e. The molecule has 0 saturated carbocycles. The lowest BCUT2D eigenvalue weighted by atomic mass is 10.4. The summed E-state index contributed by atoms with van der Waals surface area (Å²) in [6, 6.07) is 0. The Morgan fingerprint density at radius 1 is 1.50 bits per heavy atom. The Bertz CT molecular complexity index is 84.2. The summed E-state index contributed by atoms with van der Waals surface area (Å²) in [6.45, 7) is 0.298. The van der Waals surface area contributed by atoms with Gasteiger partial charge in [-0.1, -0.05) is 0 Å². The summed E-state index contributed by atoms with van der Waals surface area (Å²) in [7, 11) is 1.69. The maximum Gasteiger partial charge on any atom is 0.116 e. The number of nitrogens with one attached hydrogen (secondary N) is 1. The number of rotatable bonds is 2. The Hall–Kier alpha value is -0.900. The Labute approximate surface area is 48.7 Å². The molecule has 0 aliphatic rings. The zero-order valence-corrected chi connectivity index (χ0v) is 4.94. The van der Waals surface area contributed by atoms with Crippen LogP contribution in [-0.4, -0.2) is 13.6 Å². The Morgan fingerprint density at radius 3 is 2.12 bits per heavy atom. The van der Waals surface area contributed by atoms with Crippen molar-refractivity contribution in [3.8, 4) is 0 Å². The van der Waals surface area contributed by atoms with E-state index in [1.165, 1.54) is 0 Å². The van der Waals surface area contributed by atoms with Crippen molar-refractivity contribution in [2.45, 2.75) is 0 Å². The molecule has 0 aromatic heterocycles. The molecule has 0 aliphatic heterocycles. The number of nitrogens with two attached hydrogens (primary N) is 3. The first kappa shape index (κ1) is 7.10. The standard InChI is InChI=1S/C4H12N4/c1-8-4(7)3(6)2-5/h8H,2,5-7H2,1H3/b4-3-. The molecule has 0 aliphatic carbocycles. The lowest BCUT2D eigenvalue weighted by Crippen LogP contribution is -2.25. The van der Waals surface area contributed by atoms with Crippen LogP contribution in [0.25, 0.3) is 0 Å². The first-order valence-electron chi connectivity index (χ1n) is 2.34. The Kier molecular flexibility index (Phi) is 2.79. The second kappa shape index (κ2) is 3.15. The highest BCUT2D eigenvalue weighted by atomic mass is 15.0. The monoisotopic (exact) mass is 116 g/mol. The second-order valence-corrected chi connectivity index (χ2v) is 1.39. The minimum Gasteiger partial charge on any atom is -0.398 e. The van der Waals surface area contributed by atoms with Crippen molar-refractivity contribution in [2.75, 3.05) is 13.6 Å². The first-order valence-corrected chi connectivity index (χ1v) is 2.34. The fraction of sp³-hybridized carbons (Fsp3) is 0.500. The van der Waals surface area contributed by atoms with E-state index in [1.54, 1.807) is 7.05 Å². The van der Waals surface area contributed by atoms with Crippen LogP contribution in [0.1, 0.15) is 0 Å². The summed E-state index contributed by atoms with van der Waals surface area (Å²) in [4.78, 5) is 0. The highest BCUT2D eigenvalue weighted by Gasteiger charge is 1.89. The molecule has 0 amide bonds. The zero-order chi connectivity index (χ0) is 6.57. The van der Waals surface area contributed by atoms with E-state index in [9.17, 15) is 0 Å². The van der Waals surface area contributed by atoms with Crippen LogP contribution in [0, 0.1) is 0 Å². The van der Waals surface area contributed by atoms with Crippen LogP contribution in [0.4, 0.5) is 0 Å². The van der Waals surface area contributed by atoms with Crippen molar-refractivity contribution in [1.82, 2.24) is 5.32 Å².